The summed E-state index contributed by atoms with van der Waals surface area (Å²) in [6.45, 7) is 2.03. The molecule has 9 heteroatoms. The van der Waals surface area contributed by atoms with Crippen LogP contribution in [-0.2, 0) is 4.79 Å². The molecule has 0 fully saturated rings. The quantitative estimate of drug-likeness (QED) is 0.751. The van der Waals surface area contributed by atoms with E-state index in [-0.39, 0.29) is 12.2 Å². The molecule has 0 aromatic heterocycles. The van der Waals surface area contributed by atoms with E-state index < -0.39 is 24.1 Å². The number of ether oxygens (including phenoxy) is 1. The molecule has 0 saturated carbocycles. The second-order valence-electron chi connectivity index (χ2n) is 4.23. The minimum absolute atomic E-state index is 0.255. The lowest BCUT2D eigenvalue weighted by molar-refractivity contribution is -0.274. The summed E-state index contributed by atoms with van der Waals surface area (Å²) in [5, 5.41) is 7.12. The molecule has 22 heavy (non-hydrogen) atoms. The number of imide groups is 1. The van der Waals surface area contributed by atoms with Crippen LogP contribution < -0.4 is 20.7 Å². The van der Waals surface area contributed by atoms with E-state index in [0.29, 0.717) is 6.54 Å². The van der Waals surface area contributed by atoms with Crippen LogP contribution >= 0.6 is 0 Å². The normalized spacial score (nSPS) is 10.7. The van der Waals surface area contributed by atoms with Crippen LogP contribution in [0.1, 0.15) is 13.3 Å². The van der Waals surface area contributed by atoms with Crippen molar-refractivity contribution < 1.29 is 27.5 Å². The lowest BCUT2D eigenvalue weighted by atomic mass is 10.3. The second kappa shape index (κ2) is 8.11. The number of hydrogen-bond acceptors (Lipinski definition) is 4. The van der Waals surface area contributed by atoms with Gasteiger partial charge in [-0.3, -0.25) is 10.1 Å². The second-order valence-corrected chi connectivity index (χ2v) is 4.23. The minimum atomic E-state index is -4.78. The third-order valence-electron chi connectivity index (χ3n) is 2.31. The molecule has 1 rings (SSSR count). The van der Waals surface area contributed by atoms with Gasteiger partial charge in [0.25, 0.3) is 0 Å². The van der Waals surface area contributed by atoms with E-state index >= 15 is 0 Å². The van der Waals surface area contributed by atoms with Gasteiger partial charge in [-0.25, -0.2) is 4.79 Å². The Balaban J connectivity index is 2.45. The molecule has 0 spiro atoms. The minimum Gasteiger partial charge on any atom is -0.406 e. The molecule has 0 aliphatic heterocycles. The Morgan fingerprint density at radius 2 is 2.00 bits per heavy atom. The van der Waals surface area contributed by atoms with Gasteiger partial charge in [-0.05, 0) is 18.6 Å². The van der Waals surface area contributed by atoms with Gasteiger partial charge in [-0.1, -0.05) is 13.0 Å². The maximum absolute atomic E-state index is 12.1. The Bertz CT molecular complexity index is 521. The third-order valence-corrected chi connectivity index (χ3v) is 2.31. The first-order valence-corrected chi connectivity index (χ1v) is 6.47. The van der Waals surface area contributed by atoms with Crippen molar-refractivity contribution in [1.29, 1.82) is 0 Å². The van der Waals surface area contributed by atoms with E-state index in [1.807, 2.05) is 6.92 Å². The highest BCUT2D eigenvalue weighted by atomic mass is 19.4. The van der Waals surface area contributed by atoms with Crippen LogP contribution in [-0.4, -0.2) is 31.4 Å². The summed E-state index contributed by atoms with van der Waals surface area (Å²) < 4.78 is 40.0. The summed E-state index contributed by atoms with van der Waals surface area (Å²) in [7, 11) is 0. The first-order chi connectivity index (χ1) is 10.3. The van der Waals surface area contributed by atoms with Crippen LogP contribution in [0.4, 0.5) is 23.7 Å². The maximum Gasteiger partial charge on any atom is 0.573 e. The van der Waals surface area contributed by atoms with Gasteiger partial charge in [0.1, 0.15) is 5.75 Å². The number of carbonyl (C=O) groups is 2. The maximum atomic E-state index is 12.1. The molecule has 0 unspecified atom stereocenters. The summed E-state index contributed by atoms with van der Waals surface area (Å²) in [6.07, 6.45) is -4.06. The van der Waals surface area contributed by atoms with Crippen molar-refractivity contribution in [2.24, 2.45) is 0 Å². The number of urea groups is 1. The van der Waals surface area contributed by atoms with Crippen molar-refractivity contribution >= 4 is 17.6 Å². The van der Waals surface area contributed by atoms with E-state index in [0.717, 1.165) is 18.6 Å². The summed E-state index contributed by atoms with van der Waals surface area (Å²) in [5.74, 6) is -1.02. The van der Waals surface area contributed by atoms with E-state index in [4.69, 9.17) is 0 Å². The fraction of sp³-hybridized carbons (Fsp3) is 0.385. The zero-order valence-corrected chi connectivity index (χ0v) is 11.8. The summed E-state index contributed by atoms with van der Waals surface area (Å²) in [5.41, 5.74) is 0.255. The van der Waals surface area contributed by atoms with E-state index in [2.05, 4.69) is 20.7 Å². The van der Waals surface area contributed by atoms with Gasteiger partial charge in [0.05, 0.1) is 6.54 Å². The molecule has 0 radical (unpaired) electrons. The molecule has 3 N–H and O–H groups in total. The number of halogens is 3. The standard InChI is InChI=1S/C13H16F3N3O3/c1-2-6-17-12(21)19-11(20)8-18-9-4-3-5-10(7-9)22-13(14,15)16/h3-5,7,18H,2,6,8H2,1H3,(H2,17,19,20,21). The number of alkyl halides is 3. The van der Waals surface area contributed by atoms with Gasteiger partial charge in [0, 0.05) is 18.3 Å². The molecule has 1 aromatic carbocycles. The van der Waals surface area contributed by atoms with Gasteiger partial charge in [0.15, 0.2) is 0 Å². The Kier molecular flexibility index (Phi) is 6.48. The predicted molar refractivity (Wildman–Crippen MR) is 73.4 cm³/mol. The fourth-order valence-corrected chi connectivity index (χ4v) is 1.44. The molecule has 3 amide bonds. The summed E-state index contributed by atoms with van der Waals surface area (Å²) >= 11 is 0. The van der Waals surface area contributed by atoms with Crippen molar-refractivity contribution in [3.05, 3.63) is 24.3 Å². The summed E-state index contributed by atoms with van der Waals surface area (Å²) in [6, 6.07) is 4.42. The van der Waals surface area contributed by atoms with Gasteiger partial charge in [-0.2, -0.15) is 0 Å². The van der Waals surface area contributed by atoms with Crippen molar-refractivity contribution in [2.45, 2.75) is 19.7 Å². The van der Waals surface area contributed by atoms with Gasteiger partial charge >= 0.3 is 12.4 Å². The Hall–Kier alpha value is -2.45. The smallest absolute Gasteiger partial charge is 0.406 e. The lowest BCUT2D eigenvalue weighted by Crippen LogP contribution is -2.42. The zero-order chi connectivity index (χ0) is 16.6. The molecule has 6 nitrogen and oxygen atoms in total. The van der Waals surface area contributed by atoms with E-state index in [1.165, 1.54) is 12.1 Å². The monoisotopic (exact) mass is 319 g/mol. The zero-order valence-electron chi connectivity index (χ0n) is 11.8. The first-order valence-electron chi connectivity index (χ1n) is 6.47. The van der Waals surface area contributed by atoms with Crippen molar-refractivity contribution in [1.82, 2.24) is 10.6 Å². The molecule has 1 aromatic rings. The topological polar surface area (TPSA) is 79.5 Å². The molecule has 0 aliphatic rings. The Morgan fingerprint density at radius 3 is 2.64 bits per heavy atom. The van der Waals surface area contributed by atoms with Crippen molar-refractivity contribution in [3.8, 4) is 5.75 Å². The van der Waals surface area contributed by atoms with Crippen LogP contribution in [0.15, 0.2) is 24.3 Å². The number of nitrogens with one attached hydrogen (secondary N) is 3. The number of hydrogen-bond donors (Lipinski definition) is 3. The Morgan fingerprint density at radius 1 is 1.27 bits per heavy atom. The Labute approximate surface area is 125 Å². The van der Waals surface area contributed by atoms with E-state index in [9.17, 15) is 22.8 Å². The highest BCUT2D eigenvalue weighted by Crippen LogP contribution is 2.24. The fourth-order valence-electron chi connectivity index (χ4n) is 1.44. The van der Waals surface area contributed by atoms with Gasteiger partial charge < -0.3 is 15.4 Å². The third kappa shape index (κ3) is 7.36. The van der Waals surface area contributed by atoms with Gasteiger partial charge in [-0.15, -0.1) is 13.2 Å². The first kappa shape index (κ1) is 17.6. The molecule has 0 heterocycles. The van der Waals surface area contributed by atoms with Crippen LogP contribution in [0.2, 0.25) is 0 Å². The highest BCUT2D eigenvalue weighted by molar-refractivity contribution is 5.96. The molecule has 122 valence electrons. The molecular weight excluding hydrogens is 303 g/mol. The molecule has 0 saturated heterocycles. The van der Waals surface area contributed by atoms with Crippen LogP contribution in [0.5, 0.6) is 5.75 Å². The number of carbonyl (C=O) groups excluding carboxylic acids is 2. The highest BCUT2D eigenvalue weighted by Gasteiger charge is 2.31. The van der Waals surface area contributed by atoms with E-state index in [1.54, 1.807) is 0 Å². The van der Waals surface area contributed by atoms with Crippen molar-refractivity contribution in [2.75, 3.05) is 18.4 Å². The van der Waals surface area contributed by atoms with Crippen LogP contribution in [0.3, 0.4) is 0 Å². The van der Waals surface area contributed by atoms with Crippen LogP contribution in [0, 0.1) is 0 Å². The SMILES string of the molecule is CCCNC(=O)NC(=O)CNc1cccc(OC(F)(F)F)c1. The molecule has 0 atom stereocenters. The molecular formula is C13H16F3N3O3. The van der Waals surface area contributed by atoms with Crippen LogP contribution in [0.25, 0.3) is 0 Å². The van der Waals surface area contributed by atoms with Gasteiger partial charge in [0.2, 0.25) is 5.91 Å². The average Bonchev–Trinajstić information content (AvgIpc) is 2.41. The number of anilines is 1. The van der Waals surface area contributed by atoms with Crippen molar-refractivity contribution in [3.63, 3.8) is 0 Å². The number of benzene rings is 1. The largest absolute Gasteiger partial charge is 0.573 e. The average molecular weight is 319 g/mol. The number of rotatable bonds is 6. The molecule has 0 bridgehead atoms. The lowest BCUT2D eigenvalue weighted by Gasteiger charge is -2.11. The predicted octanol–water partition coefficient (Wildman–Crippen LogP) is 2.23. The molecule has 0 aliphatic carbocycles. The summed E-state index contributed by atoms with van der Waals surface area (Å²) in [4.78, 5) is 22.7. The number of amides is 3.